The number of carboxylic acids is 1. The first-order valence-electron chi connectivity index (χ1n) is 18.5. The van der Waals surface area contributed by atoms with E-state index in [1.165, 1.54) is 0 Å². The summed E-state index contributed by atoms with van der Waals surface area (Å²) in [7, 11) is 3.68. The molecule has 0 bridgehead atoms. The van der Waals surface area contributed by atoms with Crippen molar-refractivity contribution in [3.05, 3.63) is 80.9 Å². The van der Waals surface area contributed by atoms with Gasteiger partial charge in [0.15, 0.2) is 11.6 Å². The molecular formula is C39H46Cl2N8O5. The Balaban J connectivity index is 1.03. The number of aromatic nitrogens is 4. The van der Waals surface area contributed by atoms with Crippen LogP contribution in [0.2, 0.25) is 10.0 Å². The Morgan fingerprint density at radius 3 is 1.76 bits per heavy atom. The van der Waals surface area contributed by atoms with E-state index in [0.29, 0.717) is 53.9 Å². The fraction of sp³-hybridized carbons (Fsp3) is 0.462. The third kappa shape index (κ3) is 7.78. The highest BCUT2D eigenvalue weighted by molar-refractivity contribution is 6.40. The Labute approximate surface area is 324 Å². The summed E-state index contributed by atoms with van der Waals surface area (Å²) < 4.78 is 3.67. The maximum atomic E-state index is 13.7. The number of aliphatic hydroxyl groups excluding tert-OH is 1. The number of carbonyl (C=O) groups is 3. The number of rotatable bonds is 10. The number of anilines is 2. The summed E-state index contributed by atoms with van der Waals surface area (Å²) in [6.07, 6.45) is 4.32. The lowest BCUT2D eigenvalue weighted by Crippen LogP contribution is -2.36. The summed E-state index contributed by atoms with van der Waals surface area (Å²) in [6, 6.07) is 10.6. The van der Waals surface area contributed by atoms with Crippen LogP contribution in [0, 0.1) is 11.8 Å². The van der Waals surface area contributed by atoms with Crippen LogP contribution < -0.4 is 10.6 Å². The van der Waals surface area contributed by atoms with Crippen molar-refractivity contribution in [2.75, 3.05) is 36.8 Å². The Morgan fingerprint density at radius 2 is 1.28 bits per heavy atom. The lowest BCUT2D eigenvalue weighted by molar-refractivity contribution is -0.143. The highest BCUT2D eigenvalue weighted by Gasteiger charge is 2.31. The monoisotopic (exact) mass is 776 g/mol. The molecule has 13 nitrogen and oxygen atoms in total. The standard InChI is InChI=1S/C39H46Cl2N8O5/c1-22(50)18-48-16-14-31-29(20-48)42-35(46(31)2)37(51)44-27-8-4-6-25(33(27)40)26-7-5-9-28(34(26)41)45-38(52)36-43-30-21-49(17-15-32(30)47(36)3)19-23-10-12-24(13-11-23)39(53)54/h4-9,22-24,50H,10-21H2,1-3H3,(H,44,51)(H,45,52)(H,53,54)/t22-,23?,24?/m0/s1. The van der Waals surface area contributed by atoms with Gasteiger partial charge in [-0.25, -0.2) is 9.97 Å². The number of hydrogen-bond donors (Lipinski definition) is 4. The SMILES string of the molecule is C[C@H](O)CN1CCc2c(nc(C(=O)Nc3cccc(-c4cccc(NC(=O)c5nc6c(n5C)CCN(CC5CCC(C(=O)O)CC5)C6)c4Cl)c3Cl)n2C)C1. The van der Waals surface area contributed by atoms with Gasteiger partial charge in [-0.05, 0) is 50.7 Å². The number of aliphatic carboxylic acids is 1. The van der Waals surface area contributed by atoms with Gasteiger partial charge in [-0.15, -0.1) is 0 Å². The van der Waals surface area contributed by atoms with E-state index in [1.54, 1.807) is 43.3 Å². The van der Waals surface area contributed by atoms with Crippen LogP contribution in [-0.2, 0) is 44.8 Å². The van der Waals surface area contributed by atoms with Gasteiger partial charge in [0, 0.05) is 88.7 Å². The van der Waals surface area contributed by atoms with E-state index in [-0.39, 0.29) is 27.7 Å². The van der Waals surface area contributed by atoms with Crippen LogP contribution in [0.5, 0.6) is 0 Å². The number of carbonyl (C=O) groups excluding carboxylic acids is 2. The van der Waals surface area contributed by atoms with Crippen molar-refractivity contribution >= 4 is 52.4 Å². The number of halogens is 2. The molecule has 3 aliphatic rings. The fourth-order valence-corrected chi connectivity index (χ4v) is 8.79. The Bertz CT molecular complexity index is 2090. The zero-order chi connectivity index (χ0) is 38.3. The molecule has 1 aliphatic carbocycles. The van der Waals surface area contributed by atoms with Crippen LogP contribution in [0.25, 0.3) is 11.1 Å². The number of amides is 2. The quantitative estimate of drug-likeness (QED) is 0.161. The normalized spacial score (nSPS) is 19.5. The fourth-order valence-electron chi connectivity index (χ4n) is 8.24. The Hall–Kier alpha value is -4.27. The van der Waals surface area contributed by atoms with Gasteiger partial charge in [0.2, 0.25) is 0 Å². The third-order valence-corrected chi connectivity index (χ3v) is 11.9. The molecular weight excluding hydrogens is 731 g/mol. The highest BCUT2D eigenvalue weighted by Crippen LogP contribution is 2.40. The van der Waals surface area contributed by atoms with E-state index in [9.17, 15) is 24.6 Å². The summed E-state index contributed by atoms with van der Waals surface area (Å²) >= 11 is 13.9. The van der Waals surface area contributed by atoms with Crippen LogP contribution in [0.3, 0.4) is 0 Å². The molecule has 2 amide bonds. The van der Waals surface area contributed by atoms with Gasteiger partial charge in [-0.1, -0.05) is 47.5 Å². The number of hydrogen-bond acceptors (Lipinski definition) is 8. The first-order valence-corrected chi connectivity index (χ1v) is 19.3. The molecule has 2 aliphatic heterocycles. The second-order valence-electron chi connectivity index (χ2n) is 14.9. The zero-order valence-corrected chi connectivity index (χ0v) is 32.3. The van der Waals surface area contributed by atoms with Crippen LogP contribution >= 0.6 is 23.2 Å². The minimum atomic E-state index is -0.690. The van der Waals surface area contributed by atoms with Crippen LogP contribution in [0.15, 0.2) is 36.4 Å². The Morgan fingerprint density at radius 1 is 0.796 bits per heavy atom. The second kappa shape index (κ2) is 15.8. The van der Waals surface area contributed by atoms with Gasteiger partial charge in [0.25, 0.3) is 11.8 Å². The van der Waals surface area contributed by atoms with Crippen molar-refractivity contribution in [2.45, 2.75) is 64.6 Å². The van der Waals surface area contributed by atoms with Crippen molar-refractivity contribution in [3.8, 4) is 11.1 Å². The molecule has 7 rings (SSSR count). The number of fused-ring (bicyclic) bond motifs is 2. The molecule has 2 aromatic heterocycles. The number of carboxylic acid groups (broad SMARTS) is 1. The van der Waals surface area contributed by atoms with Crippen LogP contribution in [-0.4, -0.2) is 89.2 Å². The summed E-state index contributed by atoms with van der Waals surface area (Å²) in [5, 5.41) is 25.6. The molecule has 2 aromatic carbocycles. The molecule has 4 aromatic rings. The average molecular weight is 778 g/mol. The lowest BCUT2D eigenvalue weighted by Gasteiger charge is -2.33. The smallest absolute Gasteiger partial charge is 0.306 e. The van der Waals surface area contributed by atoms with Gasteiger partial charge < -0.3 is 30.0 Å². The van der Waals surface area contributed by atoms with Crippen molar-refractivity contribution < 1.29 is 24.6 Å². The number of nitrogens with zero attached hydrogens (tertiary/aromatic N) is 6. The molecule has 1 saturated carbocycles. The predicted molar refractivity (Wildman–Crippen MR) is 207 cm³/mol. The van der Waals surface area contributed by atoms with Crippen LogP contribution in [0.1, 0.15) is 76.6 Å². The molecule has 4 N–H and O–H groups in total. The summed E-state index contributed by atoms with van der Waals surface area (Å²) in [6.45, 7) is 6.02. The van der Waals surface area contributed by atoms with Crippen molar-refractivity contribution in [1.82, 2.24) is 28.9 Å². The van der Waals surface area contributed by atoms with Crippen molar-refractivity contribution in [1.29, 1.82) is 0 Å². The molecule has 0 spiro atoms. The van der Waals surface area contributed by atoms with Gasteiger partial charge >= 0.3 is 5.97 Å². The van der Waals surface area contributed by atoms with Gasteiger partial charge in [-0.3, -0.25) is 24.2 Å². The van der Waals surface area contributed by atoms with E-state index in [2.05, 4.69) is 25.4 Å². The van der Waals surface area contributed by atoms with Crippen molar-refractivity contribution in [2.24, 2.45) is 25.9 Å². The largest absolute Gasteiger partial charge is 0.481 e. The highest BCUT2D eigenvalue weighted by atomic mass is 35.5. The van der Waals surface area contributed by atoms with E-state index in [0.717, 1.165) is 80.9 Å². The first-order chi connectivity index (χ1) is 25.9. The molecule has 54 heavy (non-hydrogen) atoms. The van der Waals surface area contributed by atoms with E-state index in [4.69, 9.17) is 28.2 Å². The molecule has 286 valence electrons. The maximum absolute atomic E-state index is 13.7. The van der Waals surface area contributed by atoms with Gasteiger partial charge in [-0.2, -0.15) is 0 Å². The summed E-state index contributed by atoms with van der Waals surface area (Å²) in [5.41, 5.74) is 5.66. The lowest BCUT2D eigenvalue weighted by atomic mass is 9.81. The van der Waals surface area contributed by atoms with E-state index < -0.39 is 18.0 Å². The number of nitrogens with one attached hydrogen (secondary N) is 2. The minimum Gasteiger partial charge on any atom is -0.481 e. The maximum Gasteiger partial charge on any atom is 0.306 e. The minimum absolute atomic E-state index is 0.227. The van der Waals surface area contributed by atoms with Crippen LogP contribution in [0.4, 0.5) is 11.4 Å². The molecule has 0 radical (unpaired) electrons. The molecule has 1 fully saturated rings. The van der Waals surface area contributed by atoms with Crippen molar-refractivity contribution in [3.63, 3.8) is 0 Å². The molecule has 15 heteroatoms. The Kier molecular flexibility index (Phi) is 11.1. The van der Waals surface area contributed by atoms with E-state index in [1.807, 2.05) is 23.2 Å². The topological polar surface area (TPSA) is 158 Å². The average Bonchev–Trinajstić information content (AvgIpc) is 3.65. The zero-order valence-electron chi connectivity index (χ0n) is 30.7. The molecule has 4 heterocycles. The van der Waals surface area contributed by atoms with Gasteiger partial charge in [0.05, 0.1) is 44.8 Å². The second-order valence-corrected chi connectivity index (χ2v) is 15.6. The molecule has 1 atom stereocenters. The predicted octanol–water partition coefficient (Wildman–Crippen LogP) is 5.62. The third-order valence-electron chi connectivity index (χ3n) is 11.1. The molecule has 0 unspecified atom stereocenters. The van der Waals surface area contributed by atoms with Gasteiger partial charge in [0.1, 0.15) is 0 Å². The van der Waals surface area contributed by atoms with E-state index >= 15 is 0 Å². The number of imidazole rings is 2. The summed E-state index contributed by atoms with van der Waals surface area (Å²) in [4.78, 5) is 52.5. The number of β-amino-alcohol motifs (C(OH)–C–C–N with tert-alkyl or cyclic N) is 1. The summed E-state index contributed by atoms with van der Waals surface area (Å²) in [5.74, 6) is -0.674. The first kappa shape index (κ1) is 38.0. The molecule has 0 saturated heterocycles. The number of benzene rings is 2. The number of aliphatic hydroxyl groups is 1.